The average molecular weight is 453 g/mol. The summed E-state index contributed by atoms with van der Waals surface area (Å²) in [5, 5.41) is 2.95. The highest BCUT2D eigenvalue weighted by Crippen LogP contribution is 2.56. The Kier molecular flexibility index (Phi) is 5.21. The quantitative estimate of drug-likeness (QED) is 0.552. The van der Waals surface area contributed by atoms with Crippen molar-refractivity contribution in [2.24, 2.45) is 23.7 Å². The molecule has 0 radical (unpaired) electrons. The fourth-order valence-electron chi connectivity index (χ4n) is 5.40. The van der Waals surface area contributed by atoms with Gasteiger partial charge in [-0.05, 0) is 61.4 Å². The van der Waals surface area contributed by atoms with Crippen molar-refractivity contribution in [3.8, 4) is 0 Å². The van der Waals surface area contributed by atoms with E-state index in [2.05, 4.69) is 5.32 Å². The van der Waals surface area contributed by atoms with E-state index >= 15 is 0 Å². The van der Waals surface area contributed by atoms with Gasteiger partial charge in [-0.1, -0.05) is 29.8 Å². The summed E-state index contributed by atoms with van der Waals surface area (Å²) in [5.74, 6) is -1.48. The molecule has 1 aliphatic heterocycles. The molecule has 8 heteroatoms. The summed E-state index contributed by atoms with van der Waals surface area (Å²) in [4.78, 5) is 51.8. The zero-order chi connectivity index (χ0) is 22.4. The lowest BCUT2D eigenvalue weighted by atomic mass is 9.81. The summed E-state index contributed by atoms with van der Waals surface area (Å²) >= 11 is 6.00. The molecule has 2 saturated carbocycles. The second-order valence-corrected chi connectivity index (χ2v) is 8.96. The summed E-state index contributed by atoms with van der Waals surface area (Å²) in [7, 11) is 0. The number of ether oxygens (including phenoxy) is 1. The molecule has 3 aliphatic rings. The van der Waals surface area contributed by atoms with Crippen LogP contribution in [0.5, 0.6) is 0 Å². The summed E-state index contributed by atoms with van der Waals surface area (Å²) in [6, 6.07) is 12.9. The van der Waals surface area contributed by atoms with E-state index in [-0.39, 0.29) is 41.0 Å². The van der Waals surface area contributed by atoms with Crippen molar-refractivity contribution in [1.82, 2.24) is 0 Å². The third-order valence-electron chi connectivity index (χ3n) is 6.75. The minimum atomic E-state index is -0.722. The number of carbonyl (C=O) groups is 4. The molecule has 2 aromatic rings. The lowest BCUT2D eigenvalue weighted by molar-refractivity contribution is -0.123. The number of hydrogen-bond acceptors (Lipinski definition) is 5. The predicted octanol–water partition coefficient (Wildman–Crippen LogP) is 3.67. The number of para-hydroxylation sites is 1. The zero-order valence-corrected chi connectivity index (χ0v) is 17.9. The monoisotopic (exact) mass is 452 g/mol. The highest BCUT2D eigenvalue weighted by molar-refractivity contribution is 6.33. The number of nitrogens with one attached hydrogen (secondary N) is 1. The van der Waals surface area contributed by atoms with Gasteiger partial charge in [0, 0.05) is 0 Å². The topological polar surface area (TPSA) is 92.8 Å². The largest absolute Gasteiger partial charge is 0.452 e. The molecule has 32 heavy (non-hydrogen) atoms. The van der Waals surface area contributed by atoms with Crippen LogP contribution in [0, 0.1) is 23.7 Å². The van der Waals surface area contributed by atoms with Crippen LogP contribution in [0.1, 0.15) is 29.6 Å². The average Bonchev–Trinajstić information content (AvgIpc) is 3.47. The molecule has 2 bridgehead atoms. The lowest BCUT2D eigenvalue weighted by Crippen LogP contribution is -2.32. The first-order chi connectivity index (χ1) is 15.4. The molecule has 7 nitrogen and oxygen atoms in total. The Labute approximate surface area is 189 Å². The summed E-state index contributed by atoms with van der Waals surface area (Å²) in [5.41, 5.74) is 0.945. The third-order valence-corrected chi connectivity index (χ3v) is 7.08. The number of carbonyl (C=O) groups excluding carboxylic acids is 4. The second-order valence-electron chi connectivity index (χ2n) is 8.55. The number of benzene rings is 2. The minimum absolute atomic E-state index is 0.161. The number of amides is 3. The number of nitrogens with zero attached hydrogens (tertiary/aromatic N) is 1. The molecule has 3 fully saturated rings. The fraction of sp³-hybridized carbons (Fsp3) is 0.333. The highest BCUT2D eigenvalue weighted by Gasteiger charge is 2.61. The number of halogens is 1. The van der Waals surface area contributed by atoms with Gasteiger partial charge in [-0.2, -0.15) is 0 Å². The molecule has 5 rings (SSSR count). The molecular weight excluding hydrogens is 432 g/mol. The van der Waals surface area contributed by atoms with Gasteiger partial charge in [0.15, 0.2) is 6.61 Å². The number of imide groups is 1. The van der Waals surface area contributed by atoms with Gasteiger partial charge in [0.05, 0.1) is 33.8 Å². The normalized spacial score (nSPS) is 25.7. The number of esters is 1. The Morgan fingerprint density at radius 3 is 2.38 bits per heavy atom. The second kappa shape index (κ2) is 8.06. The van der Waals surface area contributed by atoms with Crippen molar-refractivity contribution in [3.05, 3.63) is 59.1 Å². The maximum absolute atomic E-state index is 13.0. The Morgan fingerprint density at radius 2 is 1.69 bits per heavy atom. The van der Waals surface area contributed by atoms with Crippen LogP contribution in [0.2, 0.25) is 5.02 Å². The van der Waals surface area contributed by atoms with E-state index in [0.717, 1.165) is 19.3 Å². The smallest absolute Gasteiger partial charge is 0.338 e. The molecule has 1 saturated heterocycles. The van der Waals surface area contributed by atoms with Gasteiger partial charge in [-0.3, -0.25) is 19.3 Å². The fourth-order valence-corrected chi connectivity index (χ4v) is 5.58. The molecule has 0 unspecified atom stereocenters. The zero-order valence-electron chi connectivity index (χ0n) is 17.1. The van der Waals surface area contributed by atoms with E-state index in [1.54, 1.807) is 36.4 Å². The number of fused-ring (bicyclic) bond motifs is 5. The molecule has 0 spiro atoms. The maximum atomic E-state index is 13.0. The number of anilines is 2. The van der Waals surface area contributed by atoms with Crippen LogP contribution in [0.15, 0.2) is 48.5 Å². The summed E-state index contributed by atoms with van der Waals surface area (Å²) in [6.45, 7) is -0.497. The van der Waals surface area contributed by atoms with Crippen molar-refractivity contribution in [2.75, 3.05) is 16.8 Å². The molecule has 2 aromatic carbocycles. The Hall–Kier alpha value is -3.19. The Bertz CT molecular complexity index is 1100. The van der Waals surface area contributed by atoms with Crippen LogP contribution < -0.4 is 10.2 Å². The summed E-state index contributed by atoms with van der Waals surface area (Å²) < 4.78 is 5.11. The van der Waals surface area contributed by atoms with Crippen LogP contribution >= 0.6 is 11.6 Å². The first-order valence-corrected chi connectivity index (χ1v) is 11.0. The Balaban J connectivity index is 1.26. The van der Waals surface area contributed by atoms with Crippen LogP contribution in [0.4, 0.5) is 11.4 Å². The van der Waals surface area contributed by atoms with Crippen molar-refractivity contribution in [3.63, 3.8) is 0 Å². The maximum Gasteiger partial charge on any atom is 0.338 e. The standard InChI is InChI=1S/C24H21ClN2O5/c25-17-6-1-2-7-18(17)26-19(28)12-32-24(31)15-4-3-5-16(11-15)27-22(29)20-13-8-9-14(10-13)21(20)23(27)30/h1-7,11,13-14,20-21H,8-10,12H2,(H,26,28)/t13-,14-,20-,21-/m0/s1. The van der Waals surface area contributed by atoms with Crippen LogP contribution in [-0.4, -0.2) is 30.3 Å². The molecule has 0 aromatic heterocycles. The van der Waals surface area contributed by atoms with Gasteiger partial charge >= 0.3 is 5.97 Å². The van der Waals surface area contributed by atoms with E-state index in [1.807, 2.05) is 0 Å². The van der Waals surface area contributed by atoms with Gasteiger partial charge in [-0.15, -0.1) is 0 Å². The van der Waals surface area contributed by atoms with E-state index < -0.39 is 18.5 Å². The van der Waals surface area contributed by atoms with Crippen molar-refractivity contribution >= 4 is 46.7 Å². The van der Waals surface area contributed by atoms with E-state index in [9.17, 15) is 19.2 Å². The molecule has 4 atom stereocenters. The Morgan fingerprint density at radius 1 is 1.00 bits per heavy atom. The lowest BCUT2D eigenvalue weighted by Gasteiger charge is -2.19. The first-order valence-electron chi connectivity index (χ1n) is 10.6. The minimum Gasteiger partial charge on any atom is -0.452 e. The van der Waals surface area contributed by atoms with E-state index in [4.69, 9.17) is 16.3 Å². The molecule has 1 N–H and O–H groups in total. The molecule has 1 heterocycles. The third kappa shape index (κ3) is 3.46. The van der Waals surface area contributed by atoms with Crippen molar-refractivity contribution in [1.29, 1.82) is 0 Å². The van der Waals surface area contributed by atoms with Gasteiger partial charge in [0.1, 0.15) is 0 Å². The molecule has 2 aliphatic carbocycles. The SMILES string of the molecule is O=C(COC(=O)c1cccc(N2C(=O)[C@H]3[C@H]4CC[C@@H](C4)[C@@H]3C2=O)c1)Nc1ccccc1Cl. The highest BCUT2D eigenvalue weighted by atomic mass is 35.5. The number of hydrogen-bond donors (Lipinski definition) is 1. The van der Waals surface area contributed by atoms with Gasteiger partial charge in [-0.25, -0.2) is 4.79 Å². The first kappa shape index (κ1) is 20.7. The summed E-state index contributed by atoms with van der Waals surface area (Å²) in [6.07, 6.45) is 2.96. The van der Waals surface area contributed by atoms with Crippen molar-refractivity contribution in [2.45, 2.75) is 19.3 Å². The van der Waals surface area contributed by atoms with Crippen LogP contribution in [-0.2, 0) is 19.1 Å². The van der Waals surface area contributed by atoms with Crippen molar-refractivity contribution < 1.29 is 23.9 Å². The van der Waals surface area contributed by atoms with E-state index in [0.29, 0.717) is 16.4 Å². The van der Waals surface area contributed by atoms with E-state index in [1.165, 1.54) is 17.0 Å². The predicted molar refractivity (Wildman–Crippen MR) is 117 cm³/mol. The number of rotatable bonds is 5. The molecular formula is C24H21ClN2O5. The van der Waals surface area contributed by atoms with Gasteiger partial charge < -0.3 is 10.1 Å². The molecule has 164 valence electrons. The van der Waals surface area contributed by atoms with Gasteiger partial charge in [0.25, 0.3) is 5.91 Å². The van der Waals surface area contributed by atoms with Gasteiger partial charge in [0.2, 0.25) is 11.8 Å². The molecule has 3 amide bonds. The van der Waals surface area contributed by atoms with Crippen LogP contribution in [0.25, 0.3) is 0 Å². The van der Waals surface area contributed by atoms with Crippen LogP contribution in [0.3, 0.4) is 0 Å².